The molecule has 0 saturated carbocycles. The van der Waals surface area contributed by atoms with Crippen LogP contribution in [0.4, 0.5) is 0 Å². The highest BCUT2D eigenvalue weighted by atomic mass is 32.2. The van der Waals surface area contributed by atoms with Gasteiger partial charge in [-0.1, -0.05) is 96.1 Å². The highest BCUT2D eigenvalue weighted by molar-refractivity contribution is 7.89. The molecule has 1 N–H and O–H groups in total. The summed E-state index contributed by atoms with van der Waals surface area (Å²) in [6, 6.07) is 20.8. The Balaban J connectivity index is 2.19. The molecule has 3 rings (SSSR count). The smallest absolute Gasteiger partial charge is 0.242 e. The summed E-state index contributed by atoms with van der Waals surface area (Å²) in [6.07, 6.45) is 0. The third kappa shape index (κ3) is 5.70. The molecular formula is C29H37NO3S. The maximum Gasteiger partial charge on any atom is 0.242 e. The first-order valence-corrected chi connectivity index (χ1v) is 13.4. The van der Waals surface area contributed by atoms with Crippen LogP contribution in [0.2, 0.25) is 0 Å². The third-order valence-electron chi connectivity index (χ3n) is 6.20. The highest BCUT2D eigenvalue weighted by Gasteiger charge is 2.30. The van der Waals surface area contributed by atoms with Gasteiger partial charge in [0.15, 0.2) is 0 Å². The van der Waals surface area contributed by atoms with Gasteiger partial charge < -0.3 is 4.74 Å². The van der Waals surface area contributed by atoms with E-state index in [0.717, 1.165) is 28.0 Å². The zero-order valence-electron chi connectivity index (χ0n) is 21.3. The van der Waals surface area contributed by atoms with Crippen LogP contribution in [0, 0.1) is 0 Å². The van der Waals surface area contributed by atoms with E-state index in [1.54, 1.807) is 7.11 Å². The van der Waals surface area contributed by atoms with Crippen LogP contribution in [-0.4, -0.2) is 15.5 Å². The molecule has 3 aromatic rings. The van der Waals surface area contributed by atoms with E-state index in [2.05, 4.69) is 58.4 Å². The van der Waals surface area contributed by atoms with Crippen LogP contribution in [0.5, 0.6) is 5.75 Å². The fourth-order valence-corrected chi connectivity index (χ4v) is 6.09. The molecule has 0 bridgehead atoms. The summed E-state index contributed by atoms with van der Waals surface area (Å²) in [5, 5.41) is 0. The fourth-order valence-electron chi connectivity index (χ4n) is 4.18. The fraction of sp³-hybridized carbons (Fsp3) is 0.379. The number of nitrogens with one attached hydrogen (secondary N) is 1. The molecule has 0 radical (unpaired) electrons. The quantitative estimate of drug-likeness (QED) is 0.355. The average molecular weight is 480 g/mol. The molecule has 4 nitrogen and oxygen atoms in total. The molecular weight excluding hydrogens is 442 g/mol. The molecule has 0 spiro atoms. The number of ether oxygens (including phenoxy) is 1. The van der Waals surface area contributed by atoms with Crippen molar-refractivity contribution in [2.24, 2.45) is 0 Å². The number of methoxy groups -OCH3 is 1. The van der Waals surface area contributed by atoms with E-state index in [9.17, 15) is 8.42 Å². The van der Waals surface area contributed by atoms with Gasteiger partial charge in [0.2, 0.25) is 10.0 Å². The molecule has 1 unspecified atom stereocenters. The Morgan fingerprint density at radius 1 is 0.676 bits per heavy atom. The maximum absolute atomic E-state index is 14.1. The Morgan fingerprint density at radius 3 is 1.62 bits per heavy atom. The zero-order chi connectivity index (χ0) is 25.0. The van der Waals surface area contributed by atoms with Crippen molar-refractivity contribution in [2.45, 2.75) is 70.2 Å². The van der Waals surface area contributed by atoms with E-state index < -0.39 is 16.1 Å². The van der Waals surface area contributed by atoms with Crippen molar-refractivity contribution in [1.29, 1.82) is 0 Å². The van der Waals surface area contributed by atoms with Gasteiger partial charge in [0.25, 0.3) is 0 Å². The number of hydrogen-bond donors (Lipinski definition) is 1. The molecule has 0 aromatic heterocycles. The molecule has 3 aromatic carbocycles. The van der Waals surface area contributed by atoms with Crippen molar-refractivity contribution in [2.75, 3.05) is 7.11 Å². The topological polar surface area (TPSA) is 55.4 Å². The van der Waals surface area contributed by atoms with E-state index in [1.807, 2.05) is 54.6 Å². The van der Waals surface area contributed by atoms with Crippen molar-refractivity contribution in [3.8, 4) is 5.75 Å². The van der Waals surface area contributed by atoms with Crippen LogP contribution in [0.1, 0.15) is 93.2 Å². The normalized spacial score (nSPS) is 13.0. The summed E-state index contributed by atoms with van der Waals surface area (Å²) in [4.78, 5) is 0.413. The minimum atomic E-state index is -3.85. The first-order valence-electron chi connectivity index (χ1n) is 11.9. The second-order valence-corrected chi connectivity index (χ2v) is 11.4. The molecule has 0 aliphatic carbocycles. The Labute approximate surface area is 205 Å². The summed E-state index contributed by atoms with van der Waals surface area (Å²) in [7, 11) is -2.23. The summed E-state index contributed by atoms with van der Waals surface area (Å²) >= 11 is 0. The molecule has 0 fully saturated rings. The predicted molar refractivity (Wildman–Crippen MR) is 140 cm³/mol. The lowest BCUT2D eigenvalue weighted by atomic mass is 9.89. The monoisotopic (exact) mass is 479 g/mol. The van der Waals surface area contributed by atoms with Gasteiger partial charge in [0.05, 0.1) is 18.0 Å². The predicted octanol–water partition coefficient (Wildman–Crippen LogP) is 7.13. The van der Waals surface area contributed by atoms with Crippen LogP contribution < -0.4 is 9.46 Å². The van der Waals surface area contributed by atoms with Gasteiger partial charge in [-0.25, -0.2) is 8.42 Å². The van der Waals surface area contributed by atoms with Gasteiger partial charge >= 0.3 is 0 Å². The van der Waals surface area contributed by atoms with E-state index in [-0.39, 0.29) is 11.8 Å². The largest absolute Gasteiger partial charge is 0.497 e. The van der Waals surface area contributed by atoms with Crippen molar-refractivity contribution in [3.63, 3.8) is 0 Å². The Bertz CT molecular complexity index is 1170. The van der Waals surface area contributed by atoms with Crippen molar-refractivity contribution >= 4 is 10.0 Å². The minimum Gasteiger partial charge on any atom is -0.497 e. The standard InChI is InChI=1S/C29H37NO3S/c1-19(2)24-17-26(20(3)4)29(27(18-24)21(5)6)34(31,32)30-28(22-11-9-8-10-12-22)23-13-15-25(33-7)16-14-23/h8-21,28,30H,1-7H3. The molecule has 0 saturated heterocycles. The van der Waals surface area contributed by atoms with E-state index in [0.29, 0.717) is 10.8 Å². The Kier molecular flexibility index (Phi) is 8.21. The molecule has 182 valence electrons. The number of hydrogen-bond acceptors (Lipinski definition) is 3. The molecule has 0 amide bonds. The Morgan fingerprint density at radius 2 is 1.18 bits per heavy atom. The van der Waals surface area contributed by atoms with Gasteiger partial charge in [-0.15, -0.1) is 0 Å². The van der Waals surface area contributed by atoms with Crippen molar-refractivity contribution in [1.82, 2.24) is 4.72 Å². The summed E-state index contributed by atoms with van der Waals surface area (Å²) in [6.45, 7) is 12.5. The van der Waals surface area contributed by atoms with Gasteiger partial charge in [-0.05, 0) is 57.7 Å². The molecule has 1 atom stereocenters. The number of rotatable bonds is 9. The average Bonchev–Trinajstić information content (AvgIpc) is 2.82. The van der Waals surface area contributed by atoms with Gasteiger partial charge in [0, 0.05) is 0 Å². The first kappa shape index (κ1) is 26.0. The second-order valence-electron chi connectivity index (χ2n) is 9.73. The van der Waals surface area contributed by atoms with E-state index in [4.69, 9.17) is 4.74 Å². The lowest BCUT2D eigenvalue weighted by Gasteiger charge is -2.26. The van der Waals surface area contributed by atoms with Gasteiger partial charge in [-0.2, -0.15) is 4.72 Å². The first-order chi connectivity index (χ1) is 16.0. The van der Waals surface area contributed by atoms with Crippen LogP contribution in [0.3, 0.4) is 0 Å². The van der Waals surface area contributed by atoms with Gasteiger partial charge in [0.1, 0.15) is 5.75 Å². The molecule has 5 heteroatoms. The highest BCUT2D eigenvalue weighted by Crippen LogP contribution is 2.36. The molecule has 0 aliphatic rings. The van der Waals surface area contributed by atoms with Crippen molar-refractivity contribution < 1.29 is 13.2 Å². The SMILES string of the molecule is COc1ccc(C(NS(=O)(=O)c2c(C(C)C)cc(C(C)C)cc2C(C)C)c2ccccc2)cc1. The Hall–Kier alpha value is -2.63. The molecule has 0 heterocycles. The number of sulfonamides is 1. The minimum absolute atomic E-state index is 0.0685. The van der Waals surface area contributed by atoms with E-state index >= 15 is 0 Å². The third-order valence-corrected chi connectivity index (χ3v) is 7.76. The number of benzene rings is 3. The summed E-state index contributed by atoms with van der Waals surface area (Å²) in [5.74, 6) is 1.18. The van der Waals surface area contributed by atoms with Crippen LogP contribution >= 0.6 is 0 Å². The summed E-state index contributed by atoms with van der Waals surface area (Å²) in [5.41, 5.74) is 4.63. The molecule has 34 heavy (non-hydrogen) atoms. The van der Waals surface area contributed by atoms with Crippen molar-refractivity contribution in [3.05, 3.63) is 94.5 Å². The van der Waals surface area contributed by atoms with E-state index in [1.165, 1.54) is 5.56 Å². The maximum atomic E-state index is 14.1. The molecule has 0 aliphatic heterocycles. The second kappa shape index (κ2) is 10.7. The zero-order valence-corrected chi connectivity index (χ0v) is 22.1. The lowest BCUT2D eigenvalue weighted by molar-refractivity contribution is 0.414. The van der Waals surface area contributed by atoms with Crippen LogP contribution in [0.25, 0.3) is 0 Å². The lowest BCUT2D eigenvalue weighted by Crippen LogP contribution is -2.31. The van der Waals surface area contributed by atoms with Crippen LogP contribution in [0.15, 0.2) is 71.6 Å². The van der Waals surface area contributed by atoms with Crippen LogP contribution in [-0.2, 0) is 10.0 Å². The summed E-state index contributed by atoms with van der Waals surface area (Å²) < 4.78 is 36.6. The van der Waals surface area contributed by atoms with Gasteiger partial charge in [-0.3, -0.25) is 0 Å².